The number of anilines is 1. The topological polar surface area (TPSA) is 54.9 Å². The van der Waals surface area contributed by atoms with Crippen molar-refractivity contribution in [3.8, 4) is 0 Å². The third-order valence-electron chi connectivity index (χ3n) is 2.76. The second-order valence-electron chi connectivity index (χ2n) is 4.18. The Bertz CT molecular complexity index is 586. The lowest BCUT2D eigenvalue weighted by Gasteiger charge is -2.06. The first-order valence-corrected chi connectivity index (χ1v) is 6.36. The zero-order valence-corrected chi connectivity index (χ0v) is 11.3. The molecule has 1 aromatic carbocycles. The van der Waals surface area contributed by atoms with Gasteiger partial charge >= 0.3 is 0 Å². The van der Waals surface area contributed by atoms with Gasteiger partial charge in [0.15, 0.2) is 0 Å². The molecule has 0 fully saturated rings. The van der Waals surface area contributed by atoms with Crippen LogP contribution in [0.25, 0.3) is 0 Å². The minimum Gasteiger partial charge on any atom is -0.294 e. The molecule has 1 N–H and O–H groups in total. The number of carbonyl (C=O) groups excluding carboxylic acids is 1. The minimum absolute atomic E-state index is 0.120. The van der Waals surface area contributed by atoms with Gasteiger partial charge in [-0.1, -0.05) is 35.9 Å². The van der Waals surface area contributed by atoms with E-state index in [-0.39, 0.29) is 11.9 Å². The molecule has 1 heterocycles. The number of hydrogen-bond acceptors (Lipinski definition) is 3. The Hall–Kier alpha value is -1.94. The Labute approximate surface area is 116 Å². The molecule has 98 valence electrons. The van der Waals surface area contributed by atoms with E-state index in [1.165, 1.54) is 17.3 Å². The van der Waals surface area contributed by atoms with Gasteiger partial charge in [0, 0.05) is 12.6 Å². The van der Waals surface area contributed by atoms with E-state index in [1.54, 1.807) is 6.07 Å². The third-order valence-corrected chi connectivity index (χ3v) is 2.97. The van der Waals surface area contributed by atoms with E-state index >= 15 is 0 Å². The van der Waals surface area contributed by atoms with Crippen LogP contribution in [0.15, 0.2) is 36.5 Å². The van der Waals surface area contributed by atoms with Crippen molar-refractivity contribution in [3.05, 3.63) is 52.8 Å². The molecule has 0 radical (unpaired) electrons. The summed E-state index contributed by atoms with van der Waals surface area (Å²) < 4.78 is 0. The van der Waals surface area contributed by atoms with Crippen LogP contribution in [0.4, 0.5) is 5.95 Å². The van der Waals surface area contributed by atoms with Crippen LogP contribution in [-0.4, -0.2) is 15.9 Å². The largest absolute Gasteiger partial charge is 0.294 e. The lowest BCUT2D eigenvalue weighted by molar-refractivity contribution is -0.116. The maximum atomic E-state index is 11.8. The van der Waals surface area contributed by atoms with Gasteiger partial charge in [0.25, 0.3) is 0 Å². The summed E-state index contributed by atoms with van der Waals surface area (Å²) in [6.45, 7) is 2.04. The van der Waals surface area contributed by atoms with E-state index < -0.39 is 0 Å². The summed E-state index contributed by atoms with van der Waals surface area (Å²) in [6.07, 6.45) is 2.59. The summed E-state index contributed by atoms with van der Waals surface area (Å²) >= 11 is 5.72. The Balaban J connectivity index is 1.90. The number of nitrogens with zero attached hydrogens (tertiary/aromatic N) is 2. The monoisotopic (exact) mass is 275 g/mol. The predicted molar refractivity (Wildman–Crippen MR) is 75.2 cm³/mol. The van der Waals surface area contributed by atoms with E-state index in [1.807, 2.05) is 31.2 Å². The number of benzene rings is 1. The van der Waals surface area contributed by atoms with Crippen molar-refractivity contribution >= 4 is 23.5 Å². The van der Waals surface area contributed by atoms with Gasteiger partial charge in [0.2, 0.25) is 11.9 Å². The highest BCUT2D eigenvalue weighted by molar-refractivity contribution is 6.29. The maximum Gasteiger partial charge on any atom is 0.230 e. The van der Waals surface area contributed by atoms with Crippen LogP contribution in [0.3, 0.4) is 0 Å². The molecule has 19 heavy (non-hydrogen) atoms. The molecule has 0 saturated heterocycles. The smallest absolute Gasteiger partial charge is 0.230 e. The quantitative estimate of drug-likeness (QED) is 0.873. The number of rotatable bonds is 4. The Morgan fingerprint density at radius 2 is 2.11 bits per heavy atom. The standard InChI is InChI=1S/C14H14ClN3O/c1-10-4-2-3-5-11(10)6-7-13(19)18-14-16-9-8-12(15)17-14/h2-5,8-9H,6-7H2,1H3,(H,16,17,18,19). The number of nitrogens with one attached hydrogen (secondary N) is 1. The maximum absolute atomic E-state index is 11.8. The molecule has 0 spiro atoms. The van der Waals surface area contributed by atoms with Crippen molar-refractivity contribution in [3.63, 3.8) is 0 Å². The van der Waals surface area contributed by atoms with Gasteiger partial charge in [-0.15, -0.1) is 0 Å². The summed E-state index contributed by atoms with van der Waals surface area (Å²) in [5, 5.41) is 2.94. The van der Waals surface area contributed by atoms with Gasteiger partial charge in [0.1, 0.15) is 5.15 Å². The van der Waals surface area contributed by atoms with Gasteiger partial charge in [0.05, 0.1) is 0 Å². The summed E-state index contributed by atoms with van der Waals surface area (Å²) in [6, 6.07) is 9.58. The van der Waals surface area contributed by atoms with E-state index in [4.69, 9.17) is 11.6 Å². The Kier molecular flexibility index (Phi) is 4.47. The molecule has 0 bridgehead atoms. The predicted octanol–water partition coefficient (Wildman–Crippen LogP) is 3.01. The number of hydrogen-bond donors (Lipinski definition) is 1. The zero-order chi connectivity index (χ0) is 13.7. The second-order valence-corrected chi connectivity index (χ2v) is 4.56. The number of carbonyl (C=O) groups is 1. The highest BCUT2D eigenvalue weighted by Crippen LogP contribution is 2.10. The first-order chi connectivity index (χ1) is 9.15. The molecule has 0 saturated carbocycles. The minimum atomic E-state index is -0.120. The van der Waals surface area contributed by atoms with Crippen molar-refractivity contribution in [2.24, 2.45) is 0 Å². The second kappa shape index (κ2) is 6.29. The number of aryl methyl sites for hydroxylation is 2. The molecule has 1 aromatic heterocycles. The van der Waals surface area contributed by atoms with E-state index in [0.717, 1.165) is 0 Å². The highest BCUT2D eigenvalue weighted by atomic mass is 35.5. The molecule has 2 aromatic rings. The lowest BCUT2D eigenvalue weighted by atomic mass is 10.0. The summed E-state index contributed by atoms with van der Waals surface area (Å²) in [5.74, 6) is 0.118. The molecule has 0 aliphatic heterocycles. The number of amides is 1. The zero-order valence-electron chi connectivity index (χ0n) is 10.6. The molecule has 4 nitrogen and oxygen atoms in total. The van der Waals surface area contributed by atoms with Crippen molar-refractivity contribution < 1.29 is 4.79 Å². The highest BCUT2D eigenvalue weighted by Gasteiger charge is 2.06. The third kappa shape index (κ3) is 4.03. The fraction of sp³-hybridized carbons (Fsp3) is 0.214. The Morgan fingerprint density at radius 1 is 1.32 bits per heavy atom. The first-order valence-electron chi connectivity index (χ1n) is 5.98. The summed E-state index contributed by atoms with van der Waals surface area (Å²) in [4.78, 5) is 19.6. The van der Waals surface area contributed by atoms with Crippen LogP contribution in [0.5, 0.6) is 0 Å². The Morgan fingerprint density at radius 3 is 2.84 bits per heavy atom. The first kappa shape index (κ1) is 13.5. The molecule has 0 unspecified atom stereocenters. The fourth-order valence-corrected chi connectivity index (χ4v) is 1.86. The van der Waals surface area contributed by atoms with Crippen molar-refractivity contribution in [2.45, 2.75) is 19.8 Å². The van der Waals surface area contributed by atoms with Gasteiger partial charge in [-0.25, -0.2) is 9.97 Å². The molecular formula is C14H14ClN3O. The van der Waals surface area contributed by atoms with E-state index in [9.17, 15) is 4.79 Å². The normalized spacial score (nSPS) is 10.2. The average molecular weight is 276 g/mol. The van der Waals surface area contributed by atoms with Gasteiger partial charge in [-0.2, -0.15) is 0 Å². The summed E-state index contributed by atoms with van der Waals surface area (Å²) in [5.41, 5.74) is 2.36. The molecule has 5 heteroatoms. The van der Waals surface area contributed by atoms with Gasteiger partial charge in [-0.3, -0.25) is 10.1 Å². The lowest BCUT2D eigenvalue weighted by Crippen LogP contribution is -2.14. The summed E-state index contributed by atoms with van der Waals surface area (Å²) in [7, 11) is 0. The van der Waals surface area contributed by atoms with Gasteiger partial charge in [-0.05, 0) is 30.5 Å². The molecule has 0 aliphatic carbocycles. The SMILES string of the molecule is Cc1ccccc1CCC(=O)Nc1nccc(Cl)n1. The van der Waals surface area contributed by atoms with Crippen LogP contribution in [0.1, 0.15) is 17.5 Å². The van der Waals surface area contributed by atoms with Crippen LogP contribution < -0.4 is 5.32 Å². The van der Waals surface area contributed by atoms with Crippen LogP contribution >= 0.6 is 11.6 Å². The van der Waals surface area contributed by atoms with Gasteiger partial charge < -0.3 is 0 Å². The van der Waals surface area contributed by atoms with Crippen LogP contribution in [0.2, 0.25) is 5.15 Å². The molecule has 0 aliphatic rings. The van der Waals surface area contributed by atoms with Crippen LogP contribution in [-0.2, 0) is 11.2 Å². The van der Waals surface area contributed by atoms with Crippen molar-refractivity contribution in [2.75, 3.05) is 5.32 Å². The van der Waals surface area contributed by atoms with Crippen molar-refractivity contribution in [1.29, 1.82) is 0 Å². The number of aromatic nitrogens is 2. The average Bonchev–Trinajstić information content (AvgIpc) is 2.38. The molecule has 0 atom stereocenters. The van der Waals surface area contributed by atoms with E-state index in [2.05, 4.69) is 15.3 Å². The molecule has 2 rings (SSSR count). The molecular weight excluding hydrogens is 262 g/mol. The van der Waals surface area contributed by atoms with Crippen LogP contribution in [0, 0.1) is 6.92 Å². The van der Waals surface area contributed by atoms with E-state index in [0.29, 0.717) is 18.0 Å². The fourth-order valence-electron chi connectivity index (χ4n) is 1.72. The van der Waals surface area contributed by atoms with Crippen molar-refractivity contribution in [1.82, 2.24) is 9.97 Å². The number of halogens is 1. The molecule has 1 amide bonds.